The minimum Gasteiger partial charge on any atom is -0.301 e. The van der Waals surface area contributed by atoms with Crippen LogP contribution in [0.25, 0.3) is 0 Å². The highest BCUT2D eigenvalue weighted by atomic mass is 32.1. The number of thiocarbonyl (C=S) groups is 1. The van der Waals surface area contributed by atoms with Gasteiger partial charge in [0.05, 0.1) is 12.1 Å². The van der Waals surface area contributed by atoms with E-state index in [1.54, 1.807) is 0 Å². The maximum atomic E-state index is 11.2. The third-order valence-corrected chi connectivity index (χ3v) is 2.41. The molecule has 6 heteroatoms. The molecule has 0 bridgehead atoms. The van der Waals surface area contributed by atoms with E-state index in [9.17, 15) is 4.79 Å². The van der Waals surface area contributed by atoms with E-state index in [2.05, 4.69) is 21.2 Å². The summed E-state index contributed by atoms with van der Waals surface area (Å²) in [4.78, 5) is 15.2. The second-order valence-electron chi connectivity index (χ2n) is 3.70. The Hall–Kier alpha value is -1.95. The van der Waals surface area contributed by atoms with Crippen LogP contribution in [0.3, 0.4) is 0 Å². The smallest absolute Gasteiger partial charge is 0.233 e. The Morgan fingerprint density at radius 2 is 2.00 bits per heavy atom. The van der Waals surface area contributed by atoms with Gasteiger partial charge in [0, 0.05) is 0 Å². The number of hydrazine groups is 1. The molecule has 2 rings (SSSR count). The molecule has 1 amide bonds. The van der Waals surface area contributed by atoms with Crippen molar-refractivity contribution in [1.82, 2.24) is 10.7 Å². The molecule has 1 aromatic rings. The fourth-order valence-corrected chi connectivity index (χ4v) is 1.58. The number of anilines is 1. The summed E-state index contributed by atoms with van der Waals surface area (Å²) in [5.74, 6) is 0.359. The minimum absolute atomic E-state index is 0.154. The van der Waals surface area contributed by atoms with Gasteiger partial charge in [-0.05, 0) is 31.3 Å². The molecule has 0 saturated heterocycles. The summed E-state index contributed by atoms with van der Waals surface area (Å²) in [5, 5.41) is 2.64. The number of rotatable bonds is 2. The molecule has 1 heterocycles. The molecule has 17 heavy (non-hydrogen) atoms. The van der Waals surface area contributed by atoms with Crippen molar-refractivity contribution in [2.24, 2.45) is 4.99 Å². The SMILES string of the molecule is Cc1ccc(NNC2=NC(=S)NC(=O)C2)cc1. The summed E-state index contributed by atoms with van der Waals surface area (Å²) in [7, 11) is 0. The molecule has 0 atom stereocenters. The van der Waals surface area contributed by atoms with E-state index >= 15 is 0 Å². The van der Waals surface area contributed by atoms with Crippen LogP contribution in [-0.2, 0) is 4.79 Å². The molecule has 0 fully saturated rings. The average molecular weight is 248 g/mol. The van der Waals surface area contributed by atoms with Gasteiger partial charge in [0.15, 0.2) is 0 Å². The first kappa shape index (κ1) is 11.5. The van der Waals surface area contributed by atoms with E-state index in [1.165, 1.54) is 5.56 Å². The first-order chi connectivity index (χ1) is 8.13. The quantitative estimate of drug-likeness (QED) is 0.542. The summed E-state index contributed by atoms with van der Waals surface area (Å²) in [6.45, 7) is 2.02. The number of amidine groups is 1. The van der Waals surface area contributed by atoms with E-state index in [1.807, 2.05) is 31.2 Å². The van der Waals surface area contributed by atoms with Crippen molar-refractivity contribution >= 4 is 34.8 Å². The van der Waals surface area contributed by atoms with Crippen LogP contribution in [0, 0.1) is 6.92 Å². The van der Waals surface area contributed by atoms with Crippen molar-refractivity contribution in [2.75, 3.05) is 5.43 Å². The van der Waals surface area contributed by atoms with Crippen LogP contribution in [-0.4, -0.2) is 16.9 Å². The lowest BCUT2D eigenvalue weighted by atomic mass is 10.2. The first-order valence-electron chi connectivity index (χ1n) is 5.13. The van der Waals surface area contributed by atoms with Gasteiger partial charge in [-0.2, -0.15) is 0 Å². The van der Waals surface area contributed by atoms with Crippen LogP contribution in [0.1, 0.15) is 12.0 Å². The summed E-state index contributed by atoms with van der Waals surface area (Å²) in [5.41, 5.74) is 7.92. The van der Waals surface area contributed by atoms with Gasteiger partial charge < -0.3 is 5.32 Å². The van der Waals surface area contributed by atoms with Gasteiger partial charge in [0.1, 0.15) is 5.84 Å². The Morgan fingerprint density at radius 1 is 1.29 bits per heavy atom. The van der Waals surface area contributed by atoms with Gasteiger partial charge in [-0.1, -0.05) is 17.7 Å². The number of aliphatic imine (C=N–C) groups is 1. The second kappa shape index (κ2) is 4.92. The maximum absolute atomic E-state index is 11.2. The predicted molar refractivity (Wildman–Crippen MR) is 70.7 cm³/mol. The topological polar surface area (TPSA) is 65.5 Å². The molecule has 1 aromatic carbocycles. The third kappa shape index (κ3) is 3.25. The van der Waals surface area contributed by atoms with Gasteiger partial charge in [-0.15, -0.1) is 0 Å². The molecule has 0 aromatic heterocycles. The van der Waals surface area contributed by atoms with E-state index in [-0.39, 0.29) is 17.4 Å². The zero-order valence-corrected chi connectivity index (χ0v) is 10.1. The lowest BCUT2D eigenvalue weighted by molar-refractivity contribution is -0.118. The molecular weight excluding hydrogens is 236 g/mol. The number of aryl methyl sites for hydroxylation is 1. The van der Waals surface area contributed by atoms with Crippen LogP contribution in [0.5, 0.6) is 0 Å². The lowest BCUT2D eigenvalue weighted by Gasteiger charge is -2.16. The van der Waals surface area contributed by atoms with E-state index in [4.69, 9.17) is 12.2 Å². The molecule has 1 aliphatic heterocycles. The fraction of sp³-hybridized carbons (Fsp3) is 0.182. The number of carbonyl (C=O) groups is 1. The van der Waals surface area contributed by atoms with Crippen molar-refractivity contribution < 1.29 is 4.79 Å². The predicted octanol–water partition coefficient (Wildman–Crippen LogP) is 1.11. The van der Waals surface area contributed by atoms with Crippen molar-refractivity contribution in [1.29, 1.82) is 0 Å². The number of carbonyl (C=O) groups excluding carboxylic acids is 1. The van der Waals surface area contributed by atoms with Crippen molar-refractivity contribution in [2.45, 2.75) is 13.3 Å². The van der Waals surface area contributed by atoms with Crippen molar-refractivity contribution in [3.63, 3.8) is 0 Å². The molecule has 3 N–H and O–H groups in total. The Morgan fingerprint density at radius 3 is 2.65 bits per heavy atom. The highest BCUT2D eigenvalue weighted by molar-refractivity contribution is 7.80. The Bertz CT molecular complexity index is 481. The van der Waals surface area contributed by atoms with Crippen molar-refractivity contribution in [3.05, 3.63) is 29.8 Å². The molecule has 0 radical (unpaired) electrons. The molecular formula is C11H12N4OS. The number of nitrogens with zero attached hydrogens (tertiary/aromatic N) is 1. The third-order valence-electron chi connectivity index (χ3n) is 2.21. The van der Waals surface area contributed by atoms with E-state index in [0.717, 1.165) is 5.69 Å². The number of nitrogens with one attached hydrogen (secondary N) is 3. The standard InChI is InChI=1S/C11H12N4OS/c1-7-2-4-8(5-3-7)14-15-9-6-10(16)13-11(17)12-9/h2-5,14H,6H2,1H3,(H2,12,13,15,16,17). The van der Waals surface area contributed by atoms with Crippen molar-refractivity contribution in [3.8, 4) is 0 Å². The Balaban J connectivity index is 1.96. The molecule has 5 nitrogen and oxygen atoms in total. The molecule has 88 valence electrons. The average Bonchev–Trinajstić information content (AvgIpc) is 2.27. The second-order valence-corrected chi connectivity index (χ2v) is 4.09. The molecule has 0 spiro atoms. The molecule has 1 aliphatic rings. The van der Waals surface area contributed by atoms with Gasteiger partial charge in [-0.3, -0.25) is 15.6 Å². The highest BCUT2D eigenvalue weighted by Crippen LogP contribution is 2.07. The summed E-state index contributed by atoms with van der Waals surface area (Å²) in [6, 6.07) is 7.85. The molecule has 0 aliphatic carbocycles. The van der Waals surface area contributed by atoms with Gasteiger partial charge in [-0.25, -0.2) is 4.99 Å². The number of hydrogen-bond acceptors (Lipinski definition) is 4. The Kier molecular flexibility index (Phi) is 3.34. The fourth-order valence-electron chi connectivity index (χ4n) is 1.36. The number of benzene rings is 1. The van der Waals surface area contributed by atoms with Crippen LogP contribution in [0.4, 0.5) is 5.69 Å². The van der Waals surface area contributed by atoms with Gasteiger partial charge >= 0.3 is 0 Å². The molecule has 0 saturated carbocycles. The van der Waals surface area contributed by atoms with E-state index in [0.29, 0.717) is 5.84 Å². The Labute approximate surface area is 104 Å². The molecule has 0 unspecified atom stereocenters. The maximum Gasteiger partial charge on any atom is 0.233 e. The highest BCUT2D eigenvalue weighted by Gasteiger charge is 2.15. The summed E-state index contributed by atoms with van der Waals surface area (Å²) < 4.78 is 0. The minimum atomic E-state index is -0.154. The van der Waals surface area contributed by atoms with Crippen LogP contribution < -0.4 is 16.2 Å². The largest absolute Gasteiger partial charge is 0.301 e. The monoisotopic (exact) mass is 248 g/mol. The number of hydrogen-bond donors (Lipinski definition) is 3. The first-order valence-corrected chi connectivity index (χ1v) is 5.54. The van der Waals surface area contributed by atoms with Crippen LogP contribution in [0.15, 0.2) is 29.3 Å². The summed E-state index contributed by atoms with van der Waals surface area (Å²) >= 11 is 4.82. The lowest BCUT2D eigenvalue weighted by Crippen LogP contribution is -2.42. The zero-order chi connectivity index (χ0) is 12.3. The summed E-state index contributed by atoms with van der Waals surface area (Å²) in [6.07, 6.45) is 0.193. The zero-order valence-electron chi connectivity index (χ0n) is 9.28. The van der Waals surface area contributed by atoms with Crippen LogP contribution >= 0.6 is 12.2 Å². The van der Waals surface area contributed by atoms with E-state index < -0.39 is 0 Å². The van der Waals surface area contributed by atoms with Gasteiger partial charge in [0.25, 0.3) is 0 Å². The van der Waals surface area contributed by atoms with Crippen LogP contribution in [0.2, 0.25) is 0 Å². The normalized spacial score (nSPS) is 15.0. The number of amides is 1. The van der Waals surface area contributed by atoms with Gasteiger partial charge in [0.2, 0.25) is 11.0 Å².